The second-order valence-corrected chi connectivity index (χ2v) is 6.78. The van der Waals surface area contributed by atoms with E-state index in [0.29, 0.717) is 12.3 Å². The predicted octanol–water partition coefficient (Wildman–Crippen LogP) is 3.71. The van der Waals surface area contributed by atoms with Gasteiger partial charge in [0.25, 0.3) is 0 Å². The van der Waals surface area contributed by atoms with Gasteiger partial charge in [-0.15, -0.1) is 0 Å². The van der Waals surface area contributed by atoms with Gasteiger partial charge < -0.3 is 10.1 Å². The van der Waals surface area contributed by atoms with Gasteiger partial charge >= 0.3 is 6.03 Å². The Kier molecular flexibility index (Phi) is 5.65. The van der Waals surface area contributed by atoms with Gasteiger partial charge in [-0.3, -0.25) is 5.01 Å². The van der Waals surface area contributed by atoms with Crippen molar-refractivity contribution in [3.05, 3.63) is 71.0 Å². The van der Waals surface area contributed by atoms with Crippen molar-refractivity contribution >= 4 is 11.7 Å². The van der Waals surface area contributed by atoms with Crippen LogP contribution in [0.15, 0.2) is 48.5 Å². The normalized spacial score (nSPS) is 10.6. The number of hydrogen-bond donors (Lipinski definition) is 2. The van der Waals surface area contributed by atoms with Crippen molar-refractivity contribution in [2.24, 2.45) is 5.84 Å². The minimum atomic E-state index is -0.391. The highest BCUT2D eigenvalue weighted by Crippen LogP contribution is 2.24. The van der Waals surface area contributed by atoms with Crippen molar-refractivity contribution in [3.63, 3.8) is 0 Å². The fourth-order valence-corrected chi connectivity index (χ4v) is 2.94. The van der Waals surface area contributed by atoms with Gasteiger partial charge in [0.15, 0.2) is 0 Å². The van der Waals surface area contributed by atoms with E-state index in [1.807, 2.05) is 74.0 Å². The zero-order valence-electron chi connectivity index (χ0n) is 16.6. The summed E-state index contributed by atoms with van der Waals surface area (Å²) in [4.78, 5) is 11.8. The lowest BCUT2D eigenvalue weighted by molar-refractivity contribution is 0.223. The van der Waals surface area contributed by atoms with Gasteiger partial charge in [0, 0.05) is 24.0 Å². The Hall–Kier alpha value is -3.32. The zero-order chi connectivity index (χ0) is 20.3. The Bertz CT molecular complexity index is 994. The van der Waals surface area contributed by atoms with Crippen LogP contribution < -0.4 is 15.9 Å². The molecule has 0 radical (unpaired) electrons. The highest BCUT2D eigenvalue weighted by Gasteiger charge is 2.10. The Labute approximate surface area is 164 Å². The van der Waals surface area contributed by atoms with Gasteiger partial charge in [-0.1, -0.05) is 18.2 Å². The number of benzene rings is 2. The van der Waals surface area contributed by atoms with Crippen molar-refractivity contribution in [3.8, 4) is 11.4 Å². The Balaban J connectivity index is 1.75. The average molecular weight is 379 g/mol. The summed E-state index contributed by atoms with van der Waals surface area (Å²) in [5.41, 5.74) is 5.60. The number of aryl methyl sites for hydroxylation is 3. The van der Waals surface area contributed by atoms with Crippen LogP contribution in [0.25, 0.3) is 5.69 Å². The van der Waals surface area contributed by atoms with E-state index in [4.69, 9.17) is 10.6 Å². The van der Waals surface area contributed by atoms with E-state index in [9.17, 15) is 4.79 Å². The zero-order valence-corrected chi connectivity index (χ0v) is 16.6. The van der Waals surface area contributed by atoms with Gasteiger partial charge in [0.1, 0.15) is 12.4 Å². The van der Waals surface area contributed by atoms with E-state index in [1.54, 1.807) is 0 Å². The lowest BCUT2D eigenvalue weighted by atomic mass is 10.1. The number of hydrogen-bond acceptors (Lipinski definition) is 4. The van der Waals surface area contributed by atoms with Crippen LogP contribution in [0.3, 0.4) is 0 Å². The van der Waals surface area contributed by atoms with E-state index >= 15 is 0 Å². The molecular weight excluding hydrogens is 354 g/mol. The van der Waals surface area contributed by atoms with E-state index < -0.39 is 6.03 Å². The summed E-state index contributed by atoms with van der Waals surface area (Å²) in [7, 11) is 1.49. The molecule has 28 heavy (non-hydrogen) atoms. The van der Waals surface area contributed by atoms with Gasteiger partial charge in [-0.2, -0.15) is 5.10 Å². The number of urea groups is 1. The molecule has 0 bridgehead atoms. The Morgan fingerprint density at radius 3 is 2.57 bits per heavy atom. The molecule has 7 heteroatoms. The fraction of sp³-hybridized carbons (Fsp3) is 0.238. The summed E-state index contributed by atoms with van der Waals surface area (Å²) in [6, 6.07) is 15.1. The van der Waals surface area contributed by atoms with Crippen molar-refractivity contribution in [1.29, 1.82) is 0 Å². The maximum Gasteiger partial charge on any atom is 0.335 e. The van der Waals surface area contributed by atoms with Gasteiger partial charge in [-0.25, -0.2) is 15.3 Å². The topological polar surface area (TPSA) is 85.4 Å². The molecule has 0 saturated heterocycles. The molecule has 2 aromatic carbocycles. The number of hydrazine groups is 1. The summed E-state index contributed by atoms with van der Waals surface area (Å²) in [5, 5.41) is 8.29. The second kappa shape index (κ2) is 8.14. The van der Waals surface area contributed by atoms with E-state index in [1.165, 1.54) is 7.05 Å². The van der Waals surface area contributed by atoms with Gasteiger partial charge in [-0.05, 0) is 56.7 Å². The summed E-state index contributed by atoms with van der Waals surface area (Å²) < 4.78 is 7.92. The molecule has 0 aliphatic rings. The van der Waals surface area contributed by atoms with Crippen LogP contribution in [0.4, 0.5) is 10.5 Å². The molecule has 2 amide bonds. The predicted molar refractivity (Wildman–Crippen MR) is 110 cm³/mol. The van der Waals surface area contributed by atoms with Crippen LogP contribution in [0.5, 0.6) is 5.75 Å². The molecule has 0 spiro atoms. The molecule has 0 aliphatic heterocycles. The fourth-order valence-electron chi connectivity index (χ4n) is 2.94. The SMILES string of the molecule is Cc1cc(C)n(-c2ccc(OCc3ccccc3NC(=O)N(C)N)c(C)c2)n1. The highest BCUT2D eigenvalue weighted by atomic mass is 16.5. The van der Waals surface area contributed by atoms with Gasteiger partial charge in [0.2, 0.25) is 0 Å². The number of amides is 2. The van der Waals surface area contributed by atoms with E-state index in [0.717, 1.165) is 39.0 Å². The number of nitrogens with one attached hydrogen (secondary N) is 1. The molecule has 1 heterocycles. The molecule has 3 rings (SSSR count). The first kappa shape index (κ1) is 19.4. The smallest absolute Gasteiger partial charge is 0.335 e. The lowest BCUT2D eigenvalue weighted by Crippen LogP contribution is -2.37. The summed E-state index contributed by atoms with van der Waals surface area (Å²) >= 11 is 0. The number of carbonyl (C=O) groups excluding carboxylic acids is 1. The largest absolute Gasteiger partial charge is 0.489 e. The molecule has 0 aliphatic carbocycles. The van der Waals surface area contributed by atoms with Crippen LogP contribution in [0, 0.1) is 20.8 Å². The number of carbonyl (C=O) groups is 1. The third kappa shape index (κ3) is 4.32. The Morgan fingerprint density at radius 1 is 1.18 bits per heavy atom. The number of aromatic nitrogens is 2. The quantitative estimate of drug-likeness (QED) is 0.402. The lowest BCUT2D eigenvalue weighted by Gasteiger charge is -2.16. The molecule has 3 N–H and O–H groups in total. The average Bonchev–Trinajstić information content (AvgIpc) is 2.99. The maximum atomic E-state index is 11.8. The number of nitrogens with zero attached hydrogens (tertiary/aromatic N) is 3. The number of nitrogens with two attached hydrogens (primary N) is 1. The first-order valence-corrected chi connectivity index (χ1v) is 8.99. The number of anilines is 1. The molecule has 0 saturated carbocycles. The first-order valence-electron chi connectivity index (χ1n) is 8.99. The number of ether oxygens (including phenoxy) is 1. The minimum absolute atomic E-state index is 0.324. The molecule has 7 nitrogen and oxygen atoms in total. The van der Waals surface area contributed by atoms with Crippen molar-refractivity contribution in [2.45, 2.75) is 27.4 Å². The van der Waals surface area contributed by atoms with Crippen LogP contribution in [-0.2, 0) is 6.61 Å². The van der Waals surface area contributed by atoms with Crippen LogP contribution in [-0.4, -0.2) is 27.9 Å². The summed E-state index contributed by atoms with van der Waals surface area (Å²) in [6.45, 7) is 6.34. The van der Waals surface area contributed by atoms with Crippen molar-refractivity contribution in [2.75, 3.05) is 12.4 Å². The van der Waals surface area contributed by atoms with Crippen molar-refractivity contribution in [1.82, 2.24) is 14.8 Å². The van der Waals surface area contributed by atoms with Crippen LogP contribution in [0.2, 0.25) is 0 Å². The Morgan fingerprint density at radius 2 is 1.93 bits per heavy atom. The first-order chi connectivity index (χ1) is 13.3. The standard InChI is InChI=1S/C21H25N5O2/c1-14-11-18(26-16(3)12-15(2)24-26)9-10-20(14)28-13-17-7-5-6-8-19(17)23-21(27)25(4)22/h5-12H,13,22H2,1-4H3,(H,23,27). The molecule has 0 fully saturated rings. The summed E-state index contributed by atoms with van der Waals surface area (Å²) in [6.07, 6.45) is 0. The highest BCUT2D eigenvalue weighted by molar-refractivity contribution is 5.89. The number of rotatable bonds is 5. The molecule has 3 aromatic rings. The number of para-hydroxylation sites is 1. The third-order valence-electron chi connectivity index (χ3n) is 4.38. The second-order valence-electron chi connectivity index (χ2n) is 6.78. The van der Waals surface area contributed by atoms with Crippen molar-refractivity contribution < 1.29 is 9.53 Å². The molecule has 146 valence electrons. The van der Waals surface area contributed by atoms with Crippen LogP contribution in [0.1, 0.15) is 22.5 Å². The third-order valence-corrected chi connectivity index (χ3v) is 4.38. The van der Waals surface area contributed by atoms with E-state index in [2.05, 4.69) is 10.4 Å². The summed E-state index contributed by atoms with van der Waals surface area (Å²) in [5.74, 6) is 6.26. The molecular formula is C21H25N5O2. The molecule has 1 aromatic heterocycles. The monoisotopic (exact) mass is 379 g/mol. The molecule has 0 unspecified atom stereocenters. The maximum absolute atomic E-state index is 11.8. The van der Waals surface area contributed by atoms with Gasteiger partial charge in [0.05, 0.1) is 11.4 Å². The van der Waals surface area contributed by atoms with E-state index in [-0.39, 0.29) is 0 Å². The van der Waals surface area contributed by atoms with Crippen LogP contribution >= 0.6 is 0 Å². The minimum Gasteiger partial charge on any atom is -0.489 e. The molecule has 0 atom stereocenters.